The average molecular weight is 275 g/mol. The molecule has 0 spiro atoms. The normalized spacial score (nSPS) is 18.4. The van der Waals surface area contributed by atoms with Gasteiger partial charge in [0.15, 0.2) is 11.6 Å². The van der Waals surface area contributed by atoms with Crippen molar-refractivity contribution in [2.45, 2.75) is 12.5 Å². The molecule has 2 N–H and O–H groups in total. The molecule has 1 aromatic rings. The highest BCUT2D eigenvalue weighted by Crippen LogP contribution is 2.20. The monoisotopic (exact) mass is 274 g/mol. The minimum atomic E-state index is -0.526. The van der Waals surface area contributed by atoms with E-state index in [1.807, 2.05) is 0 Å². The van der Waals surface area contributed by atoms with E-state index in [1.165, 1.54) is 19.2 Å². The fourth-order valence-corrected chi connectivity index (χ4v) is 1.95. The van der Waals surface area contributed by atoms with Crippen LogP contribution in [0.2, 0.25) is 0 Å². The fourth-order valence-electron chi connectivity index (χ4n) is 1.95. The Hall–Kier alpha value is -1.33. The van der Waals surface area contributed by atoms with Gasteiger partial charge in [0.2, 0.25) is 0 Å². The summed E-state index contributed by atoms with van der Waals surface area (Å²) in [5, 5.41) is 0. The van der Waals surface area contributed by atoms with Crippen LogP contribution in [-0.4, -0.2) is 37.0 Å². The van der Waals surface area contributed by atoms with Crippen LogP contribution in [0.3, 0.4) is 0 Å². The van der Waals surface area contributed by atoms with Gasteiger partial charge in [-0.05, 0) is 24.6 Å². The molecule has 1 aromatic carbocycles. The van der Waals surface area contributed by atoms with Gasteiger partial charge in [0.1, 0.15) is 0 Å². The molecule has 4 nitrogen and oxygen atoms in total. The second-order valence-electron chi connectivity index (χ2n) is 4.15. The first-order valence-electron chi connectivity index (χ1n) is 5.50. The van der Waals surface area contributed by atoms with E-state index in [1.54, 1.807) is 11.0 Å². The van der Waals surface area contributed by atoms with Gasteiger partial charge in [0.25, 0.3) is 5.91 Å². The third kappa shape index (κ3) is 2.91. The Bertz CT molecular complexity index is 442. The number of benzene rings is 1. The molecule has 0 bridgehead atoms. The molecule has 1 aliphatic heterocycles. The van der Waals surface area contributed by atoms with Crippen molar-refractivity contribution < 1.29 is 13.9 Å². The molecular weight excluding hydrogens is 259 g/mol. The van der Waals surface area contributed by atoms with Crippen molar-refractivity contribution in [1.82, 2.24) is 4.90 Å². The number of hydrogen-bond donors (Lipinski definition) is 1. The van der Waals surface area contributed by atoms with Gasteiger partial charge < -0.3 is 15.4 Å². The van der Waals surface area contributed by atoms with Crippen LogP contribution in [0.15, 0.2) is 18.2 Å². The molecule has 1 saturated heterocycles. The molecule has 100 valence electrons. The van der Waals surface area contributed by atoms with Crippen LogP contribution in [0.25, 0.3) is 0 Å². The highest BCUT2D eigenvalue weighted by atomic mass is 35.5. The zero-order chi connectivity index (χ0) is 12.4. The lowest BCUT2D eigenvalue weighted by molar-refractivity contribution is 0.0790. The first-order valence-corrected chi connectivity index (χ1v) is 5.50. The lowest BCUT2D eigenvalue weighted by Crippen LogP contribution is -2.31. The number of rotatable bonds is 2. The van der Waals surface area contributed by atoms with Gasteiger partial charge in [-0.15, -0.1) is 12.4 Å². The third-order valence-electron chi connectivity index (χ3n) is 2.91. The van der Waals surface area contributed by atoms with Crippen LogP contribution in [0, 0.1) is 5.82 Å². The van der Waals surface area contributed by atoms with E-state index >= 15 is 0 Å². The summed E-state index contributed by atoms with van der Waals surface area (Å²) in [6.07, 6.45) is 0.796. The number of carbonyl (C=O) groups is 1. The number of nitrogens with zero attached hydrogens (tertiary/aromatic N) is 1. The summed E-state index contributed by atoms with van der Waals surface area (Å²) in [7, 11) is 1.39. The maximum Gasteiger partial charge on any atom is 0.254 e. The van der Waals surface area contributed by atoms with Crippen molar-refractivity contribution in [3.63, 3.8) is 0 Å². The van der Waals surface area contributed by atoms with Crippen LogP contribution in [-0.2, 0) is 0 Å². The van der Waals surface area contributed by atoms with Crippen LogP contribution >= 0.6 is 12.4 Å². The van der Waals surface area contributed by atoms with Crippen molar-refractivity contribution in [3.05, 3.63) is 29.6 Å². The molecular formula is C12H16ClFN2O2. The van der Waals surface area contributed by atoms with Gasteiger partial charge in [0, 0.05) is 24.7 Å². The van der Waals surface area contributed by atoms with Gasteiger partial charge in [-0.3, -0.25) is 4.79 Å². The minimum Gasteiger partial charge on any atom is -0.494 e. The standard InChI is InChI=1S/C12H15FN2O2.ClH/c1-17-11-3-2-8(6-10(11)13)12(16)15-5-4-9(14)7-15;/h2-3,6,9H,4-5,7,14H2,1H3;1H/t9-;/m1./s1. The zero-order valence-corrected chi connectivity index (χ0v) is 10.9. The molecule has 6 heteroatoms. The predicted molar refractivity (Wildman–Crippen MR) is 68.7 cm³/mol. The van der Waals surface area contributed by atoms with E-state index in [0.29, 0.717) is 18.7 Å². The predicted octanol–water partition coefficient (Wildman–Crippen LogP) is 1.43. The average Bonchev–Trinajstić information content (AvgIpc) is 2.75. The van der Waals surface area contributed by atoms with Crippen molar-refractivity contribution in [2.75, 3.05) is 20.2 Å². The van der Waals surface area contributed by atoms with Crippen molar-refractivity contribution in [3.8, 4) is 5.75 Å². The van der Waals surface area contributed by atoms with Gasteiger partial charge in [-0.2, -0.15) is 0 Å². The van der Waals surface area contributed by atoms with Crippen LogP contribution in [0.4, 0.5) is 4.39 Å². The maximum atomic E-state index is 13.5. The van der Waals surface area contributed by atoms with Crippen molar-refractivity contribution in [1.29, 1.82) is 0 Å². The Labute approximate surface area is 111 Å². The molecule has 18 heavy (non-hydrogen) atoms. The van der Waals surface area contributed by atoms with Gasteiger partial charge in [-0.1, -0.05) is 0 Å². The molecule has 1 fully saturated rings. The molecule has 1 aliphatic rings. The first kappa shape index (κ1) is 14.7. The molecule has 0 radical (unpaired) electrons. The number of carbonyl (C=O) groups excluding carboxylic acids is 1. The van der Waals surface area contributed by atoms with Gasteiger partial charge >= 0.3 is 0 Å². The Balaban J connectivity index is 0.00000162. The fraction of sp³-hybridized carbons (Fsp3) is 0.417. The Morgan fingerprint density at radius 3 is 2.78 bits per heavy atom. The highest BCUT2D eigenvalue weighted by Gasteiger charge is 2.24. The van der Waals surface area contributed by atoms with Crippen LogP contribution in [0.1, 0.15) is 16.8 Å². The van der Waals surface area contributed by atoms with Gasteiger partial charge in [0.05, 0.1) is 7.11 Å². The highest BCUT2D eigenvalue weighted by molar-refractivity contribution is 5.94. The van der Waals surface area contributed by atoms with Crippen LogP contribution < -0.4 is 10.5 Å². The minimum absolute atomic E-state index is 0. The molecule has 2 rings (SSSR count). The number of nitrogens with two attached hydrogens (primary N) is 1. The Morgan fingerprint density at radius 2 is 2.28 bits per heavy atom. The summed E-state index contributed by atoms with van der Waals surface area (Å²) in [4.78, 5) is 13.7. The Kier molecular flexibility index (Phi) is 4.93. The van der Waals surface area contributed by atoms with E-state index in [-0.39, 0.29) is 30.1 Å². The van der Waals surface area contributed by atoms with E-state index in [4.69, 9.17) is 10.5 Å². The lowest BCUT2D eigenvalue weighted by atomic mass is 10.2. The summed E-state index contributed by atoms with van der Waals surface area (Å²) in [6.45, 7) is 1.17. The molecule has 0 saturated carbocycles. The second-order valence-corrected chi connectivity index (χ2v) is 4.15. The molecule has 0 aromatic heterocycles. The van der Waals surface area contributed by atoms with Crippen molar-refractivity contribution >= 4 is 18.3 Å². The molecule has 1 heterocycles. The molecule has 1 atom stereocenters. The topological polar surface area (TPSA) is 55.6 Å². The molecule has 0 aliphatic carbocycles. The smallest absolute Gasteiger partial charge is 0.254 e. The van der Waals surface area contributed by atoms with Crippen LogP contribution in [0.5, 0.6) is 5.75 Å². The van der Waals surface area contributed by atoms with E-state index in [2.05, 4.69) is 0 Å². The maximum absolute atomic E-state index is 13.5. The summed E-state index contributed by atoms with van der Waals surface area (Å²) >= 11 is 0. The zero-order valence-electron chi connectivity index (χ0n) is 10.1. The largest absolute Gasteiger partial charge is 0.494 e. The molecule has 1 amide bonds. The summed E-state index contributed by atoms with van der Waals surface area (Å²) in [5.74, 6) is -0.568. The third-order valence-corrected chi connectivity index (χ3v) is 2.91. The number of methoxy groups -OCH3 is 1. The summed E-state index contributed by atoms with van der Waals surface area (Å²) in [6, 6.07) is 4.25. The van der Waals surface area contributed by atoms with Gasteiger partial charge in [-0.25, -0.2) is 4.39 Å². The quantitative estimate of drug-likeness (QED) is 0.888. The number of halogens is 2. The van der Waals surface area contributed by atoms with E-state index in [0.717, 1.165) is 6.42 Å². The second kappa shape index (κ2) is 6.02. The Morgan fingerprint density at radius 1 is 1.56 bits per heavy atom. The molecule has 0 unspecified atom stereocenters. The number of ether oxygens (including phenoxy) is 1. The number of hydrogen-bond acceptors (Lipinski definition) is 3. The number of likely N-dealkylation sites (tertiary alicyclic amines) is 1. The van der Waals surface area contributed by atoms with E-state index in [9.17, 15) is 9.18 Å². The SMILES string of the molecule is COc1ccc(C(=O)N2CC[C@@H](N)C2)cc1F.Cl. The first-order chi connectivity index (χ1) is 8.11. The number of amides is 1. The van der Waals surface area contributed by atoms with Crippen molar-refractivity contribution in [2.24, 2.45) is 5.73 Å². The van der Waals surface area contributed by atoms with E-state index < -0.39 is 5.82 Å². The summed E-state index contributed by atoms with van der Waals surface area (Å²) < 4.78 is 18.3. The summed E-state index contributed by atoms with van der Waals surface area (Å²) in [5.41, 5.74) is 6.06. The lowest BCUT2D eigenvalue weighted by Gasteiger charge is -2.16.